The molecule has 3 rings (SSSR count). The van der Waals surface area contributed by atoms with Crippen molar-refractivity contribution in [3.05, 3.63) is 35.9 Å². The summed E-state index contributed by atoms with van der Waals surface area (Å²) >= 11 is 0. The lowest BCUT2D eigenvalue weighted by molar-refractivity contribution is 0.116. The van der Waals surface area contributed by atoms with Gasteiger partial charge in [0, 0.05) is 31.1 Å². The molecule has 2 heterocycles. The van der Waals surface area contributed by atoms with Crippen LogP contribution in [0.4, 0.5) is 5.82 Å². The van der Waals surface area contributed by atoms with Crippen molar-refractivity contribution in [3.63, 3.8) is 0 Å². The number of amidine groups is 1. The molecule has 0 amide bonds. The number of nitrogen functional groups attached to an aromatic ring is 1. The second kappa shape index (κ2) is 5.69. The van der Waals surface area contributed by atoms with E-state index in [1.807, 2.05) is 37.4 Å². The molecule has 1 aliphatic heterocycles. The van der Waals surface area contributed by atoms with E-state index in [1.54, 1.807) is 0 Å². The maximum absolute atomic E-state index is 7.79. The number of benzene rings is 1. The number of nitrogens with one attached hydrogen (secondary N) is 1. The van der Waals surface area contributed by atoms with Gasteiger partial charge >= 0.3 is 0 Å². The third kappa shape index (κ3) is 2.83. The predicted molar refractivity (Wildman–Crippen MR) is 85.0 cm³/mol. The van der Waals surface area contributed by atoms with Gasteiger partial charge in [-0.25, -0.2) is 4.98 Å². The number of para-hydroxylation sites is 1. The first-order valence-electron chi connectivity index (χ1n) is 7.22. The van der Waals surface area contributed by atoms with E-state index in [1.165, 1.54) is 0 Å². The lowest BCUT2D eigenvalue weighted by Crippen LogP contribution is -2.29. The number of fused-ring (bicyclic) bond motifs is 1. The summed E-state index contributed by atoms with van der Waals surface area (Å²) in [6.07, 6.45) is 2.49. The van der Waals surface area contributed by atoms with Crippen LogP contribution in [0.25, 0.3) is 10.9 Å². The molecule has 1 saturated heterocycles. The largest absolute Gasteiger partial charge is 0.384 e. The van der Waals surface area contributed by atoms with Gasteiger partial charge < -0.3 is 15.4 Å². The molecule has 1 aliphatic rings. The van der Waals surface area contributed by atoms with Crippen LogP contribution in [0, 0.1) is 5.41 Å². The van der Waals surface area contributed by atoms with Crippen LogP contribution in [0.2, 0.25) is 0 Å². The highest BCUT2D eigenvalue weighted by atomic mass is 16.5. The van der Waals surface area contributed by atoms with Crippen molar-refractivity contribution in [1.29, 1.82) is 5.41 Å². The van der Waals surface area contributed by atoms with Crippen LogP contribution in [0.1, 0.15) is 18.4 Å². The number of aromatic nitrogens is 1. The number of ether oxygens (including phenoxy) is 1. The maximum Gasteiger partial charge on any atom is 0.129 e. The van der Waals surface area contributed by atoms with Gasteiger partial charge in [-0.2, -0.15) is 0 Å². The highest BCUT2D eigenvalue weighted by Crippen LogP contribution is 2.23. The Balaban J connectivity index is 1.96. The first-order valence-corrected chi connectivity index (χ1v) is 7.22. The molecule has 0 radical (unpaired) electrons. The number of nitrogens with zero attached hydrogens (tertiary/aromatic N) is 2. The molecule has 1 aromatic heterocycles. The number of anilines is 1. The van der Waals surface area contributed by atoms with Crippen molar-refractivity contribution in [3.8, 4) is 0 Å². The van der Waals surface area contributed by atoms with E-state index in [0.29, 0.717) is 0 Å². The van der Waals surface area contributed by atoms with Gasteiger partial charge in [-0.1, -0.05) is 18.2 Å². The molecule has 0 saturated carbocycles. The quantitative estimate of drug-likeness (QED) is 0.666. The Morgan fingerprint density at radius 3 is 3.00 bits per heavy atom. The highest BCUT2D eigenvalue weighted by molar-refractivity contribution is 6.07. The molecule has 5 heteroatoms. The maximum atomic E-state index is 7.79. The van der Waals surface area contributed by atoms with E-state index < -0.39 is 0 Å². The van der Waals surface area contributed by atoms with E-state index in [9.17, 15) is 0 Å². The van der Waals surface area contributed by atoms with Crippen molar-refractivity contribution in [2.45, 2.75) is 18.9 Å². The SMILES string of the molecule is CN(CC1CCCO1)c1cc(C(=N)N)c2ccccc2n1. The van der Waals surface area contributed by atoms with Crippen molar-refractivity contribution in [2.75, 3.05) is 25.1 Å². The molecule has 1 fully saturated rings. The van der Waals surface area contributed by atoms with Crippen molar-refractivity contribution >= 4 is 22.6 Å². The monoisotopic (exact) mass is 284 g/mol. The van der Waals surface area contributed by atoms with E-state index in [0.717, 1.165) is 48.3 Å². The second-order valence-corrected chi connectivity index (χ2v) is 5.47. The molecule has 1 unspecified atom stereocenters. The van der Waals surface area contributed by atoms with Crippen LogP contribution in [-0.4, -0.2) is 37.1 Å². The van der Waals surface area contributed by atoms with E-state index in [4.69, 9.17) is 15.9 Å². The van der Waals surface area contributed by atoms with Crippen LogP contribution in [-0.2, 0) is 4.74 Å². The van der Waals surface area contributed by atoms with Gasteiger partial charge in [-0.05, 0) is 25.0 Å². The molecular weight excluding hydrogens is 264 g/mol. The minimum atomic E-state index is 0.0698. The third-order valence-corrected chi connectivity index (χ3v) is 3.89. The Morgan fingerprint density at radius 1 is 1.48 bits per heavy atom. The zero-order valence-corrected chi connectivity index (χ0v) is 12.2. The van der Waals surface area contributed by atoms with Crippen LogP contribution in [0.3, 0.4) is 0 Å². The number of rotatable bonds is 4. The Kier molecular flexibility index (Phi) is 3.75. The topological polar surface area (TPSA) is 75.2 Å². The number of nitrogens with two attached hydrogens (primary N) is 1. The summed E-state index contributed by atoms with van der Waals surface area (Å²) in [6.45, 7) is 1.66. The lowest BCUT2D eigenvalue weighted by atomic mass is 10.1. The van der Waals surface area contributed by atoms with Crippen LogP contribution < -0.4 is 10.6 Å². The standard InChI is InChI=1S/C16H20N4O/c1-20(10-11-5-4-8-21-11)15-9-13(16(17)18)12-6-2-3-7-14(12)19-15/h2-3,6-7,9,11H,4-5,8,10H2,1H3,(H3,17,18). The van der Waals surface area contributed by atoms with Gasteiger partial charge in [0.05, 0.1) is 11.6 Å². The minimum Gasteiger partial charge on any atom is -0.384 e. The third-order valence-electron chi connectivity index (χ3n) is 3.89. The van der Waals surface area contributed by atoms with Gasteiger partial charge in [0.25, 0.3) is 0 Å². The molecule has 2 aromatic rings. The number of hydrogen-bond donors (Lipinski definition) is 2. The molecule has 0 spiro atoms. The molecule has 0 aliphatic carbocycles. The fourth-order valence-electron chi connectivity index (χ4n) is 2.77. The molecule has 5 nitrogen and oxygen atoms in total. The number of hydrogen-bond acceptors (Lipinski definition) is 4. The van der Waals surface area contributed by atoms with E-state index >= 15 is 0 Å². The average Bonchev–Trinajstić information content (AvgIpc) is 2.98. The lowest BCUT2D eigenvalue weighted by Gasteiger charge is -2.22. The highest BCUT2D eigenvalue weighted by Gasteiger charge is 2.19. The van der Waals surface area contributed by atoms with Gasteiger partial charge in [-0.15, -0.1) is 0 Å². The molecule has 3 N–H and O–H groups in total. The fraction of sp³-hybridized carbons (Fsp3) is 0.375. The first kappa shape index (κ1) is 13.8. The molecule has 0 bridgehead atoms. The fourth-order valence-corrected chi connectivity index (χ4v) is 2.77. The van der Waals surface area contributed by atoms with Gasteiger partial charge in [0.2, 0.25) is 0 Å². The minimum absolute atomic E-state index is 0.0698. The summed E-state index contributed by atoms with van der Waals surface area (Å²) in [5.74, 6) is 0.898. The molecule has 110 valence electrons. The molecule has 1 atom stereocenters. The van der Waals surface area contributed by atoms with E-state index in [-0.39, 0.29) is 11.9 Å². The van der Waals surface area contributed by atoms with Crippen molar-refractivity contribution in [2.24, 2.45) is 5.73 Å². The Morgan fingerprint density at radius 2 is 2.29 bits per heavy atom. The van der Waals surface area contributed by atoms with E-state index in [2.05, 4.69) is 9.88 Å². The summed E-state index contributed by atoms with van der Waals surface area (Å²) in [5, 5.41) is 8.70. The average molecular weight is 284 g/mol. The van der Waals surface area contributed by atoms with Crippen molar-refractivity contribution in [1.82, 2.24) is 4.98 Å². The summed E-state index contributed by atoms with van der Waals surface area (Å²) < 4.78 is 5.67. The van der Waals surface area contributed by atoms with Crippen LogP contribution in [0.15, 0.2) is 30.3 Å². The van der Waals surface area contributed by atoms with Crippen LogP contribution >= 0.6 is 0 Å². The first-order chi connectivity index (χ1) is 10.1. The van der Waals surface area contributed by atoms with Gasteiger partial charge in [0.15, 0.2) is 0 Å². The van der Waals surface area contributed by atoms with Crippen LogP contribution in [0.5, 0.6) is 0 Å². The van der Waals surface area contributed by atoms with Gasteiger partial charge in [-0.3, -0.25) is 5.41 Å². The Labute approximate surface area is 124 Å². The normalized spacial score (nSPS) is 18.0. The predicted octanol–water partition coefficient (Wildman–Crippen LogP) is 2.13. The molecular formula is C16H20N4O. The number of likely N-dealkylation sites (N-methyl/N-ethyl adjacent to an activating group) is 1. The molecule has 21 heavy (non-hydrogen) atoms. The summed E-state index contributed by atoms with van der Waals surface area (Å²) in [7, 11) is 2.00. The summed E-state index contributed by atoms with van der Waals surface area (Å²) in [4.78, 5) is 6.76. The molecule has 1 aromatic carbocycles. The second-order valence-electron chi connectivity index (χ2n) is 5.47. The Hall–Kier alpha value is -2.14. The zero-order valence-electron chi connectivity index (χ0n) is 12.2. The summed E-state index contributed by atoms with van der Waals surface area (Å²) in [6, 6.07) is 9.67. The summed E-state index contributed by atoms with van der Waals surface area (Å²) in [5.41, 5.74) is 7.32. The smallest absolute Gasteiger partial charge is 0.129 e. The van der Waals surface area contributed by atoms with Gasteiger partial charge in [0.1, 0.15) is 11.7 Å². The Bertz CT molecular complexity index is 664. The number of pyridine rings is 1. The van der Waals surface area contributed by atoms with Crippen molar-refractivity contribution < 1.29 is 4.74 Å². The zero-order chi connectivity index (χ0) is 14.8.